The maximum Gasteiger partial charge on any atom is 0.338 e. The smallest absolute Gasteiger partial charge is 0.338 e. The van der Waals surface area contributed by atoms with E-state index in [1.807, 2.05) is 56.4 Å². The fraction of sp³-hybridized carbons (Fsp3) is 0.423. The number of ether oxygens (including phenoxy) is 1. The second-order valence-electron chi connectivity index (χ2n) is 8.18. The number of carbonyl (C=O) groups excluding carboxylic acids is 1. The molecule has 0 saturated carbocycles. The maximum absolute atomic E-state index is 13.2. The van der Waals surface area contributed by atoms with Crippen LogP contribution in [0, 0.1) is 0 Å². The Morgan fingerprint density at radius 1 is 1.10 bits per heavy atom. The molecule has 4 nitrogen and oxygen atoms in total. The molecule has 0 spiro atoms. The number of aliphatic hydroxyl groups excluding tert-OH is 1. The normalized spacial score (nSPS) is 20.0. The summed E-state index contributed by atoms with van der Waals surface area (Å²) in [6, 6.07) is 18.2. The molecule has 0 aromatic heterocycles. The molecule has 2 aromatic carbocycles. The van der Waals surface area contributed by atoms with E-state index >= 15 is 0 Å². The molecular formula is C26H33NO3. The molecule has 2 atom stereocenters. The summed E-state index contributed by atoms with van der Waals surface area (Å²) in [6.45, 7) is 4.13. The van der Waals surface area contributed by atoms with Crippen LogP contribution in [0.25, 0.3) is 0 Å². The highest BCUT2D eigenvalue weighted by atomic mass is 16.6. The predicted molar refractivity (Wildman–Crippen MR) is 122 cm³/mol. The Morgan fingerprint density at radius 2 is 1.87 bits per heavy atom. The van der Waals surface area contributed by atoms with Crippen molar-refractivity contribution in [3.8, 4) is 0 Å². The summed E-state index contributed by atoms with van der Waals surface area (Å²) in [5, 5.41) is 14.2. The van der Waals surface area contributed by atoms with Crippen LogP contribution in [0.15, 0.2) is 65.9 Å². The average Bonchev–Trinajstić information content (AvgIpc) is 2.76. The summed E-state index contributed by atoms with van der Waals surface area (Å²) in [5.41, 5.74) is 2.99. The monoisotopic (exact) mass is 407 g/mol. The first-order chi connectivity index (χ1) is 14.5. The lowest BCUT2D eigenvalue weighted by molar-refractivity contribution is -0.161. The van der Waals surface area contributed by atoms with Gasteiger partial charge in [-0.2, -0.15) is 0 Å². The molecular weight excluding hydrogens is 374 g/mol. The van der Waals surface area contributed by atoms with Crippen LogP contribution in [-0.2, 0) is 16.0 Å². The first-order valence-corrected chi connectivity index (χ1v) is 11.0. The van der Waals surface area contributed by atoms with Gasteiger partial charge in [0, 0.05) is 25.1 Å². The number of anilines is 1. The van der Waals surface area contributed by atoms with Gasteiger partial charge >= 0.3 is 5.97 Å². The van der Waals surface area contributed by atoms with Crippen molar-refractivity contribution in [3.63, 3.8) is 0 Å². The Kier molecular flexibility index (Phi) is 7.20. The molecule has 0 amide bonds. The van der Waals surface area contributed by atoms with Gasteiger partial charge in [0.2, 0.25) is 0 Å². The number of hydrogen-bond donors (Lipinski definition) is 2. The molecule has 0 fully saturated rings. The van der Waals surface area contributed by atoms with E-state index in [1.165, 1.54) is 5.56 Å². The molecule has 0 saturated heterocycles. The van der Waals surface area contributed by atoms with E-state index in [9.17, 15) is 9.90 Å². The first kappa shape index (κ1) is 21.9. The highest BCUT2D eigenvalue weighted by Crippen LogP contribution is 2.42. The van der Waals surface area contributed by atoms with Crippen molar-refractivity contribution in [2.75, 3.05) is 12.4 Å². The van der Waals surface area contributed by atoms with Crippen LogP contribution in [0.5, 0.6) is 0 Å². The van der Waals surface area contributed by atoms with E-state index in [1.54, 1.807) is 0 Å². The lowest BCUT2D eigenvalue weighted by Gasteiger charge is -2.38. The third kappa shape index (κ3) is 4.86. The zero-order valence-corrected chi connectivity index (χ0v) is 18.3. The molecule has 0 aliphatic carbocycles. The number of carbonyl (C=O) groups is 1. The van der Waals surface area contributed by atoms with E-state index in [2.05, 4.69) is 24.4 Å². The van der Waals surface area contributed by atoms with Crippen molar-refractivity contribution >= 4 is 11.7 Å². The summed E-state index contributed by atoms with van der Waals surface area (Å²) < 4.78 is 6.11. The second-order valence-corrected chi connectivity index (χ2v) is 8.18. The summed E-state index contributed by atoms with van der Waals surface area (Å²) in [6.07, 6.45) is 4.27. The van der Waals surface area contributed by atoms with Crippen molar-refractivity contribution in [1.82, 2.24) is 0 Å². The maximum atomic E-state index is 13.2. The SMILES string of the molecule is CCCC1(CCc2ccccc2)CC(O)=C(C(CC)c2cccc(NC)c2)C(=O)O1. The summed E-state index contributed by atoms with van der Waals surface area (Å²) in [4.78, 5) is 13.2. The minimum Gasteiger partial charge on any atom is -0.512 e. The largest absolute Gasteiger partial charge is 0.512 e. The molecule has 1 aliphatic rings. The number of cyclic esters (lactones) is 1. The summed E-state index contributed by atoms with van der Waals surface area (Å²) in [7, 11) is 1.87. The zero-order chi connectivity index (χ0) is 21.6. The topological polar surface area (TPSA) is 58.6 Å². The van der Waals surface area contributed by atoms with E-state index < -0.39 is 5.60 Å². The second kappa shape index (κ2) is 9.84. The highest BCUT2D eigenvalue weighted by molar-refractivity contribution is 5.92. The van der Waals surface area contributed by atoms with Crippen LogP contribution in [0.3, 0.4) is 0 Å². The van der Waals surface area contributed by atoms with Crippen molar-refractivity contribution < 1.29 is 14.6 Å². The predicted octanol–water partition coefficient (Wildman–Crippen LogP) is 6.15. The molecule has 2 unspecified atom stereocenters. The quantitative estimate of drug-likeness (QED) is 0.489. The molecule has 0 radical (unpaired) electrons. The van der Waals surface area contributed by atoms with E-state index in [0.717, 1.165) is 30.5 Å². The number of esters is 1. The average molecular weight is 408 g/mol. The number of rotatable bonds is 9. The Balaban J connectivity index is 1.88. The molecule has 0 bridgehead atoms. The number of hydrogen-bond acceptors (Lipinski definition) is 4. The van der Waals surface area contributed by atoms with E-state index in [-0.39, 0.29) is 17.6 Å². The molecule has 2 N–H and O–H groups in total. The zero-order valence-electron chi connectivity index (χ0n) is 18.3. The van der Waals surface area contributed by atoms with Gasteiger partial charge in [-0.3, -0.25) is 0 Å². The molecule has 30 heavy (non-hydrogen) atoms. The summed E-state index contributed by atoms with van der Waals surface area (Å²) >= 11 is 0. The number of nitrogens with one attached hydrogen (secondary N) is 1. The number of aliphatic hydroxyl groups is 1. The van der Waals surface area contributed by atoms with Crippen molar-refractivity contribution in [1.29, 1.82) is 0 Å². The van der Waals surface area contributed by atoms with Crippen LogP contribution in [0.1, 0.15) is 63.0 Å². The van der Waals surface area contributed by atoms with Crippen LogP contribution >= 0.6 is 0 Å². The third-order valence-corrected chi connectivity index (χ3v) is 6.08. The van der Waals surface area contributed by atoms with Gasteiger partial charge in [0.25, 0.3) is 0 Å². The lowest BCUT2D eigenvalue weighted by atomic mass is 9.80. The fourth-order valence-electron chi connectivity index (χ4n) is 4.54. The van der Waals surface area contributed by atoms with Gasteiger partial charge in [-0.05, 0) is 48.9 Å². The summed E-state index contributed by atoms with van der Waals surface area (Å²) in [5.74, 6) is -0.365. The number of aryl methyl sites for hydroxylation is 1. The van der Waals surface area contributed by atoms with Gasteiger partial charge in [0.05, 0.1) is 5.57 Å². The van der Waals surface area contributed by atoms with Gasteiger partial charge in [0.15, 0.2) is 0 Å². The minimum absolute atomic E-state index is 0.181. The van der Waals surface area contributed by atoms with Crippen LogP contribution < -0.4 is 5.32 Å². The number of benzene rings is 2. The molecule has 2 aromatic rings. The van der Waals surface area contributed by atoms with Crippen molar-refractivity contribution in [2.24, 2.45) is 0 Å². The first-order valence-electron chi connectivity index (χ1n) is 11.0. The minimum atomic E-state index is -0.639. The van der Waals surface area contributed by atoms with Gasteiger partial charge in [-0.15, -0.1) is 0 Å². The van der Waals surface area contributed by atoms with Crippen molar-refractivity contribution in [2.45, 2.75) is 63.9 Å². The standard InChI is InChI=1S/C26H33NO3/c1-4-15-26(16-14-19-10-7-6-8-11-19)18-23(28)24(25(29)30-26)22(5-2)20-12-9-13-21(17-20)27-3/h6-13,17,22,27-28H,4-5,14-16,18H2,1-3H3. The van der Waals surface area contributed by atoms with E-state index in [0.29, 0.717) is 24.8 Å². The van der Waals surface area contributed by atoms with Gasteiger partial charge < -0.3 is 15.2 Å². The molecule has 4 heteroatoms. The van der Waals surface area contributed by atoms with Crippen molar-refractivity contribution in [3.05, 3.63) is 77.1 Å². The Hall–Kier alpha value is -2.75. The van der Waals surface area contributed by atoms with Crippen LogP contribution in [-0.4, -0.2) is 23.7 Å². The lowest BCUT2D eigenvalue weighted by Crippen LogP contribution is -2.41. The van der Waals surface area contributed by atoms with Gasteiger partial charge in [-0.1, -0.05) is 62.7 Å². The van der Waals surface area contributed by atoms with Gasteiger partial charge in [0.1, 0.15) is 11.4 Å². The third-order valence-electron chi connectivity index (χ3n) is 6.08. The van der Waals surface area contributed by atoms with Crippen LogP contribution in [0.2, 0.25) is 0 Å². The molecule has 1 heterocycles. The Labute approximate surface area is 180 Å². The molecule has 3 rings (SSSR count). The van der Waals surface area contributed by atoms with Crippen LogP contribution in [0.4, 0.5) is 5.69 Å². The molecule has 1 aliphatic heterocycles. The fourth-order valence-corrected chi connectivity index (χ4v) is 4.54. The highest BCUT2D eigenvalue weighted by Gasteiger charge is 2.43. The Morgan fingerprint density at radius 3 is 2.50 bits per heavy atom. The Bertz CT molecular complexity index is 890. The van der Waals surface area contributed by atoms with E-state index in [4.69, 9.17) is 4.74 Å². The molecule has 160 valence electrons. The van der Waals surface area contributed by atoms with Gasteiger partial charge in [-0.25, -0.2) is 4.79 Å².